The predicted octanol–water partition coefficient (Wildman–Crippen LogP) is 3.13. The molecule has 1 aliphatic carbocycles. The second-order valence-electron chi connectivity index (χ2n) is 5.01. The molecule has 1 fully saturated rings. The summed E-state index contributed by atoms with van der Waals surface area (Å²) in [5.74, 6) is -0.612. The van der Waals surface area contributed by atoms with Gasteiger partial charge in [0, 0.05) is 0 Å². The van der Waals surface area contributed by atoms with Crippen molar-refractivity contribution in [2.75, 3.05) is 0 Å². The third-order valence-electron chi connectivity index (χ3n) is 3.03. The summed E-state index contributed by atoms with van der Waals surface area (Å²) in [7, 11) is 0. The van der Waals surface area contributed by atoms with Gasteiger partial charge in [0.25, 0.3) is 0 Å². The standard InChI is InChI=1S/C10H17F3O/c1-9(2)5-3-4-7(6-9)8(14)10(11,12)13/h7-8,14H,3-6H2,1-2H3/t7?,8-/m1/s1. The molecule has 0 spiro atoms. The lowest BCUT2D eigenvalue weighted by Gasteiger charge is -2.37. The fraction of sp³-hybridized carbons (Fsp3) is 1.00. The number of hydrogen-bond donors (Lipinski definition) is 1. The topological polar surface area (TPSA) is 20.2 Å². The van der Waals surface area contributed by atoms with E-state index in [2.05, 4.69) is 0 Å². The van der Waals surface area contributed by atoms with E-state index in [1.165, 1.54) is 0 Å². The van der Waals surface area contributed by atoms with Gasteiger partial charge in [0.2, 0.25) is 0 Å². The van der Waals surface area contributed by atoms with Gasteiger partial charge < -0.3 is 5.11 Å². The SMILES string of the molecule is CC1(C)CCCC([C@@H](O)C(F)(F)F)C1. The number of aliphatic hydroxyl groups excluding tert-OH is 1. The Bertz CT molecular complexity index is 195. The lowest BCUT2D eigenvalue weighted by atomic mass is 9.70. The third kappa shape index (κ3) is 2.87. The summed E-state index contributed by atoms with van der Waals surface area (Å²) in [6.45, 7) is 3.92. The van der Waals surface area contributed by atoms with Crippen molar-refractivity contribution in [1.29, 1.82) is 0 Å². The Labute approximate surface area is 82.3 Å². The summed E-state index contributed by atoms with van der Waals surface area (Å²) in [5, 5.41) is 9.12. The third-order valence-corrected chi connectivity index (χ3v) is 3.03. The normalized spacial score (nSPS) is 30.0. The minimum Gasteiger partial charge on any atom is -0.383 e. The molecule has 0 radical (unpaired) electrons. The summed E-state index contributed by atoms with van der Waals surface area (Å²) in [6.07, 6.45) is -3.91. The molecule has 4 heteroatoms. The Morgan fingerprint density at radius 2 is 1.93 bits per heavy atom. The molecular formula is C10H17F3O. The lowest BCUT2D eigenvalue weighted by Crippen LogP contribution is -2.40. The summed E-state index contributed by atoms with van der Waals surface area (Å²) in [4.78, 5) is 0. The van der Waals surface area contributed by atoms with E-state index in [4.69, 9.17) is 5.11 Å². The second kappa shape index (κ2) is 3.72. The summed E-state index contributed by atoms with van der Waals surface area (Å²) >= 11 is 0. The maximum atomic E-state index is 12.2. The minimum absolute atomic E-state index is 0.0604. The van der Waals surface area contributed by atoms with Gasteiger partial charge in [-0.05, 0) is 30.6 Å². The van der Waals surface area contributed by atoms with Crippen LogP contribution in [0.5, 0.6) is 0 Å². The first-order chi connectivity index (χ1) is 6.22. The van der Waals surface area contributed by atoms with Crippen LogP contribution in [-0.4, -0.2) is 17.4 Å². The maximum absolute atomic E-state index is 12.2. The highest BCUT2D eigenvalue weighted by Crippen LogP contribution is 2.42. The number of halogens is 3. The quantitative estimate of drug-likeness (QED) is 0.705. The molecule has 2 atom stereocenters. The first-order valence-electron chi connectivity index (χ1n) is 4.97. The van der Waals surface area contributed by atoms with Gasteiger partial charge in [-0.1, -0.05) is 20.3 Å². The number of rotatable bonds is 1. The van der Waals surface area contributed by atoms with E-state index < -0.39 is 18.2 Å². The zero-order chi connectivity index (χ0) is 11.0. The molecule has 0 bridgehead atoms. The van der Waals surface area contributed by atoms with Crippen molar-refractivity contribution in [3.05, 3.63) is 0 Å². The van der Waals surface area contributed by atoms with Crippen molar-refractivity contribution in [1.82, 2.24) is 0 Å². The zero-order valence-electron chi connectivity index (χ0n) is 8.56. The van der Waals surface area contributed by atoms with E-state index in [1.54, 1.807) is 0 Å². The lowest BCUT2D eigenvalue weighted by molar-refractivity contribution is -0.224. The predicted molar refractivity (Wildman–Crippen MR) is 47.8 cm³/mol. The van der Waals surface area contributed by atoms with Crippen LogP contribution in [0.15, 0.2) is 0 Å². The van der Waals surface area contributed by atoms with E-state index in [-0.39, 0.29) is 5.41 Å². The molecule has 84 valence electrons. The van der Waals surface area contributed by atoms with Gasteiger partial charge in [-0.2, -0.15) is 13.2 Å². The van der Waals surface area contributed by atoms with E-state index in [0.29, 0.717) is 12.8 Å². The fourth-order valence-corrected chi connectivity index (χ4v) is 2.29. The van der Waals surface area contributed by atoms with Gasteiger partial charge in [-0.3, -0.25) is 0 Å². The van der Waals surface area contributed by atoms with E-state index in [1.807, 2.05) is 13.8 Å². The zero-order valence-corrected chi connectivity index (χ0v) is 8.56. The van der Waals surface area contributed by atoms with Crippen molar-refractivity contribution >= 4 is 0 Å². The number of hydrogen-bond acceptors (Lipinski definition) is 1. The Hall–Kier alpha value is -0.250. The molecular weight excluding hydrogens is 193 g/mol. The van der Waals surface area contributed by atoms with Crippen LogP contribution < -0.4 is 0 Å². The van der Waals surface area contributed by atoms with Gasteiger partial charge in [-0.15, -0.1) is 0 Å². The van der Waals surface area contributed by atoms with Crippen molar-refractivity contribution < 1.29 is 18.3 Å². The van der Waals surface area contributed by atoms with Crippen LogP contribution in [0.2, 0.25) is 0 Å². The Morgan fingerprint density at radius 1 is 1.36 bits per heavy atom. The summed E-state index contributed by atoms with van der Waals surface area (Å²) in [6, 6.07) is 0. The maximum Gasteiger partial charge on any atom is 0.414 e. The fourth-order valence-electron chi connectivity index (χ4n) is 2.29. The molecule has 1 saturated carbocycles. The largest absolute Gasteiger partial charge is 0.414 e. The average molecular weight is 210 g/mol. The van der Waals surface area contributed by atoms with Crippen LogP contribution in [0.25, 0.3) is 0 Å². The van der Waals surface area contributed by atoms with Crippen LogP contribution in [0, 0.1) is 11.3 Å². The van der Waals surface area contributed by atoms with Crippen LogP contribution in [0.1, 0.15) is 39.5 Å². The number of aliphatic hydroxyl groups is 1. The molecule has 1 N–H and O–H groups in total. The van der Waals surface area contributed by atoms with Gasteiger partial charge >= 0.3 is 6.18 Å². The molecule has 0 amide bonds. The molecule has 0 saturated heterocycles. The Morgan fingerprint density at radius 3 is 2.36 bits per heavy atom. The van der Waals surface area contributed by atoms with E-state index >= 15 is 0 Å². The molecule has 0 aromatic heterocycles. The highest BCUT2D eigenvalue weighted by molar-refractivity contribution is 4.85. The molecule has 0 aromatic rings. The first-order valence-corrected chi connectivity index (χ1v) is 4.97. The summed E-state index contributed by atoms with van der Waals surface area (Å²) in [5.41, 5.74) is -0.0604. The molecule has 0 aromatic carbocycles. The molecule has 1 aliphatic rings. The van der Waals surface area contributed by atoms with Crippen LogP contribution in [0.3, 0.4) is 0 Å². The van der Waals surface area contributed by atoms with Gasteiger partial charge in [0.05, 0.1) is 0 Å². The van der Waals surface area contributed by atoms with Crippen molar-refractivity contribution in [2.45, 2.75) is 51.8 Å². The molecule has 1 rings (SSSR count). The van der Waals surface area contributed by atoms with Crippen LogP contribution in [0.4, 0.5) is 13.2 Å². The van der Waals surface area contributed by atoms with Crippen molar-refractivity contribution in [2.24, 2.45) is 11.3 Å². The minimum atomic E-state index is -4.46. The van der Waals surface area contributed by atoms with Gasteiger partial charge in [0.1, 0.15) is 0 Å². The number of alkyl halides is 3. The summed E-state index contributed by atoms with van der Waals surface area (Å²) < 4.78 is 36.7. The Balaban J connectivity index is 2.61. The molecule has 0 aliphatic heterocycles. The monoisotopic (exact) mass is 210 g/mol. The smallest absolute Gasteiger partial charge is 0.383 e. The van der Waals surface area contributed by atoms with Gasteiger partial charge in [0.15, 0.2) is 6.10 Å². The first kappa shape index (κ1) is 11.8. The highest BCUT2D eigenvalue weighted by Gasteiger charge is 2.45. The molecule has 1 nitrogen and oxygen atoms in total. The second-order valence-corrected chi connectivity index (χ2v) is 5.01. The van der Waals surface area contributed by atoms with Crippen LogP contribution >= 0.6 is 0 Å². The molecule has 0 heterocycles. The van der Waals surface area contributed by atoms with Crippen molar-refractivity contribution in [3.63, 3.8) is 0 Å². The molecule has 1 unspecified atom stereocenters. The van der Waals surface area contributed by atoms with Gasteiger partial charge in [-0.25, -0.2) is 0 Å². The average Bonchev–Trinajstić information content (AvgIpc) is 1.99. The van der Waals surface area contributed by atoms with E-state index in [0.717, 1.165) is 12.8 Å². The van der Waals surface area contributed by atoms with Crippen molar-refractivity contribution in [3.8, 4) is 0 Å². The van der Waals surface area contributed by atoms with Crippen LogP contribution in [-0.2, 0) is 0 Å². The molecule has 14 heavy (non-hydrogen) atoms. The Kier molecular flexibility index (Phi) is 3.14. The van der Waals surface area contributed by atoms with E-state index in [9.17, 15) is 13.2 Å². The highest BCUT2D eigenvalue weighted by atomic mass is 19.4.